The zero-order valence-electron chi connectivity index (χ0n) is 20.6. The van der Waals surface area contributed by atoms with Crippen molar-refractivity contribution in [2.24, 2.45) is 34.5 Å². The zero-order chi connectivity index (χ0) is 24.4. The van der Waals surface area contributed by atoms with Gasteiger partial charge < -0.3 is 10.2 Å². The molecule has 3 aliphatic carbocycles. The van der Waals surface area contributed by atoms with Crippen LogP contribution in [0.25, 0.3) is 0 Å². The number of carbonyl (C=O) groups is 2. The smallest absolute Gasteiger partial charge is 0.228 e. The first-order chi connectivity index (χ1) is 16.1. The molecule has 1 unspecified atom stereocenters. The van der Waals surface area contributed by atoms with Crippen LogP contribution in [-0.4, -0.2) is 23.8 Å². The molecule has 1 N–H and O–H groups in total. The Morgan fingerprint density at radius 3 is 2.71 bits per heavy atom. The van der Waals surface area contributed by atoms with Crippen LogP contribution in [0.3, 0.4) is 0 Å². The molecule has 4 aliphatic rings. The molecule has 1 saturated heterocycles. The van der Waals surface area contributed by atoms with Gasteiger partial charge in [-0.15, -0.1) is 0 Å². The van der Waals surface area contributed by atoms with Gasteiger partial charge in [0.05, 0.1) is 5.69 Å². The second kappa shape index (κ2) is 7.93. The number of likely N-dealkylation sites (tertiary alicyclic amines) is 1. The highest BCUT2D eigenvalue weighted by Gasteiger charge is 2.61. The summed E-state index contributed by atoms with van der Waals surface area (Å²) in [7, 11) is 1.93. The molecule has 34 heavy (non-hydrogen) atoms. The summed E-state index contributed by atoms with van der Waals surface area (Å²) in [5.74, 6) is 0.844. The number of amides is 2. The predicted molar refractivity (Wildman–Crippen MR) is 128 cm³/mol. The van der Waals surface area contributed by atoms with Gasteiger partial charge in [0.1, 0.15) is 17.4 Å². The number of carbonyl (C=O) groups excluding carboxylic acids is 2. The van der Waals surface area contributed by atoms with Crippen LogP contribution in [0, 0.1) is 51.6 Å². The molecule has 6 heteroatoms. The molecule has 1 heterocycles. The average Bonchev–Trinajstić information content (AvgIpc) is 3.14. The monoisotopic (exact) mass is 463 g/mol. The van der Waals surface area contributed by atoms with Crippen molar-refractivity contribution in [2.75, 3.05) is 12.4 Å². The fourth-order valence-electron chi connectivity index (χ4n) is 8.50. The third kappa shape index (κ3) is 3.16. The lowest BCUT2D eigenvalue weighted by atomic mass is 9.48. The van der Waals surface area contributed by atoms with Crippen LogP contribution in [0.15, 0.2) is 29.5 Å². The first kappa shape index (κ1) is 23.1. The molecule has 0 spiro atoms. The minimum atomic E-state index is -0.610. The highest BCUT2D eigenvalue weighted by atomic mass is 19.1. The van der Waals surface area contributed by atoms with Crippen molar-refractivity contribution in [1.82, 2.24) is 4.90 Å². The van der Waals surface area contributed by atoms with Crippen LogP contribution < -0.4 is 5.32 Å². The molecular weight excluding hydrogens is 429 g/mol. The fourth-order valence-corrected chi connectivity index (χ4v) is 8.50. The zero-order valence-corrected chi connectivity index (χ0v) is 20.6. The molecular formula is C28H34FN3O2. The van der Waals surface area contributed by atoms with Gasteiger partial charge in [-0.05, 0) is 80.8 Å². The Balaban J connectivity index is 1.42. The van der Waals surface area contributed by atoms with Crippen molar-refractivity contribution in [3.8, 4) is 6.07 Å². The second-order valence-electron chi connectivity index (χ2n) is 11.5. The Hall–Kier alpha value is -2.68. The highest BCUT2D eigenvalue weighted by Crippen LogP contribution is 2.66. The number of nitrogens with one attached hydrogen (secondary N) is 1. The van der Waals surface area contributed by atoms with Gasteiger partial charge in [-0.2, -0.15) is 5.26 Å². The molecule has 1 aromatic carbocycles. The molecule has 6 atom stereocenters. The van der Waals surface area contributed by atoms with E-state index >= 15 is 0 Å². The molecule has 5 rings (SSSR count). The maximum atomic E-state index is 14.1. The summed E-state index contributed by atoms with van der Waals surface area (Å²) in [5.41, 5.74) is 2.63. The number of allylic oxidation sites excluding steroid dienone is 2. The molecule has 3 fully saturated rings. The first-order valence-electron chi connectivity index (χ1n) is 12.6. The van der Waals surface area contributed by atoms with Gasteiger partial charge in [-0.1, -0.05) is 25.5 Å². The summed E-state index contributed by atoms with van der Waals surface area (Å²) < 4.78 is 14.1. The van der Waals surface area contributed by atoms with Gasteiger partial charge in [-0.3, -0.25) is 9.59 Å². The summed E-state index contributed by atoms with van der Waals surface area (Å²) in [5, 5.41) is 12.2. The number of nitrogens with zero attached hydrogens (tertiary/aromatic N) is 2. The number of anilines is 1. The maximum Gasteiger partial charge on any atom is 0.228 e. The topological polar surface area (TPSA) is 73.2 Å². The van der Waals surface area contributed by atoms with Gasteiger partial charge >= 0.3 is 0 Å². The number of fused-ring (bicyclic) bond motifs is 5. The van der Waals surface area contributed by atoms with Crippen LogP contribution in [0.2, 0.25) is 0 Å². The number of piperidine rings is 1. The van der Waals surface area contributed by atoms with Crippen molar-refractivity contribution in [2.45, 2.75) is 65.7 Å². The standard InChI is InChI=1S/C28H34FN3O2/c1-16-14-17-19-8-9-21(26(34)31-23-7-5-6-22(29)18(23)15-30)27(19,2)12-10-20(17)28(3)13-11-24(33)32(4)25(16)28/h5-7,17,19-21H,8-14H2,1-4H3,(H,31,34)/t17-,19-,20+,21?,27-,28+/m0/s1. The number of nitriles is 1. The van der Waals surface area contributed by atoms with E-state index in [0.29, 0.717) is 24.2 Å². The lowest BCUT2D eigenvalue weighted by molar-refractivity contribution is -0.137. The van der Waals surface area contributed by atoms with Crippen molar-refractivity contribution in [3.05, 3.63) is 40.8 Å². The van der Waals surface area contributed by atoms with E-state index in [9.17, 15) is 19.2 Å². The second-order valence-corrected chi connectivity index (χ2v) is 11.5. The molecule has 0 aromatic heterocycles. The number of benzene rings is 1. The van der Waals surface area contributed by atoms with E-state index in [0.717, 1.165) is 38.5 Å². The molecule has 1 aromatic rings. The van der Waals surface area contributed by atoms with Crippen LogP contribution in [0.1, 0.15) is 71.3 Å². The van der Waals surface area contributed by atoms with E-state index in [1.54, 1.807) is 6.07 Å². The van der Waals surface area contributed by atoms with Crippen LogP contribution in [0.5, 0.6) is 0 Å². The van der Waals surface area contributed by atoms with Crippen LogP contribution in [0.4, 0.5) is 10.1 Å². The minimum Gasteiger partial charge on any atom is -0.325 e. The lowest BCUT2D eigenvalue weighted by Crippen LogP contribution is -2.54. The van der Waals surface area contributed by atoms with Crippen molar-refractivity contribution in [3.63, 3.8) is 0 Å². The van der Waals surface area contributed by atoms with Gasteiger partial charge in [0, 0.05) is 30.5 Å². The minimum absolute atomic E-state index is 0.0145. The van der Waals surface area contributed by atoms with Gasteiger partial charge in [0.25, 0.3) is 0 Å². The largest absolute Gasteiger partial charge is 0.325 e. The highest BCUT2D eigenvalue weighted by molar-refractivity contribution is 5.94. The van der Waals surface area contributed by atoms with Gasteiger partial charge in [-0.25, -0.2) is 4.39 Å². The van der Waals surface area contributed by atoms with E-state index in [4.69, 9.17) is 0 Å². The average molecular weight is 464 g/mol. The summed E-state index contributed by atoms with van der Waals surface area (Å²) in [6.45, 7) is 6.83. The number of halogens is 1. The summed E-state index contributed by atoms with van der Waals surface area (Å²) in [6, 6.07) is 6.25. The number of rotatable bonds is 2. The van der Waals surface area contributed by atoms with Gasteiger partial charge in [0.15, 0.2) is 0 Å². The molecule has 2 saturated carbocycles. The lowest BCUT2D eigenvalue weighted by Gasteiger charge is -2.59. The summed E-state index contributed by atoms with van der Waals surface area (Å²) in [4.78, 5) is 27.8. The molecule has 0 radical (unpaired) electrons. The van der Waals surface area contributed by atoms with Crippen LogP contribution in [-0.2, 0) is 9.59 Å². The third-order valence-corrected chi connectivity index (χ3v) is 10.0. The molecule has 1 aliphatic heterocycles. The van der Waals surface area contributed by atoms with Crippen molar-refractivity contribution < 1.29 is 14.0 Å². The van der Waals surface area contributed by atoms with Gasteiger partial charge in [0.2, 0.25) is 11.8 Å². The molecule has 0 bridgehead atoms. The maximum absolute atomic E-state index is 14.1. The third-order valence-electron chi connectivity index (χ3n) is 10.0. The van der Waals surface area contributed by atoms with E-state index < -0.39 is 5.82 Å². The van der Waals surface area contributed by atoms with E-state index in [-0.39, 0.29) is 39.8 Å². The Labute approximate surface area is 201 Å². The summed E-state index contributed by atoms with van der Waals surface area (Å²) >= 11 is 0. The Kier molecular flexibility index (Phi) is 5.39. The predicted octanol–water partition coefficient (Wildman–Crippen LogP) is 5.63. The van der Waals surface area contributed by atoms with Crippen molar-refractivity contribution >= 4 is 17.5 Å². The van der Waals surface area contributed by atoms with Crippen molar-refractivity contribution in [1.29, 1.82) is 5.26 Å². The Morgan fingerprint density at radius 1 is 1.21 bits per heavy atom. The molecule has 5 nitrogen and oxygen atoms in total. The van der Waals surface area contributed by atoms with E-state index in [2.05, 4.69) is 26.1 Å². The Morgan fingerprint density at radius 2 is 1.97 bits per heavy atom. The number of hydrogen-bond acceptors (Lipinski definition) is 3. The van der Waals surface area contributed by atoms with Crippen LogP contribution >= 0.6 is 0 Å². The molecule has 180 valence electrons. The summed E-state index contributed by atoms with van der Waals surface area (Å²) in [6.07, 6.45) is 6.37. The normalized spacial score (nSPS) is 36.9. The Bertz CT molecular complexity index is 1140. The SMILES string of the molecule is CC1=C2N(C)C(=O)CC[C@]2(C)[C@@H]2CC[C@]3(C)C(C(=O)Nc4cccc(F)c4C#N)CC[C@H]3[C@@H]2C1. The first-order valence-corrected chi connectivity index (χ1v) is 12.6. The number of hydrogen-bond donors (Lipinski definition) is 1. The molecule has 2 amide bonds. The van der Waals surface area contributed by atoms with E-state index in [1.807, 2.05) is 18.0 Å². The quantitative estimate of drug-likeness (QED) is 0.618. The fraction of sp³-hybridized carbons (Fsp3) is 0.607. The van der Waals surface area contributed by atoms with E-state index in [1.165, 1.54) is 23.4 Å².